The van der Waals surface area contributed by atoms with E-state index in [4.69, 9.17) is 25.9 Å². The second kappa shape index (κ2) is 13.9. The van der Waals surface area contributed by atoms with Crippen molar-refractivity contribution in [1.82, 2.24) is 0 Å². The Morgan fingerprint density at radius 1 is 0.714 bits per heavy atom. The van der Waals surface area contributed by atoms with Gasteiger partial charge in [-0.25, -0.2) is 16.8 Å². The van der Waals surface area contributed by atoms with Gasteiger partial charge in [0.1, 0.15) is 0 Å². The van der Waals surface area contributed by atoms with Crippen molar-refractivity contribution < 1.29 is 40.1 Å². The van der Waals surface area contributed by atoms with Crippen LogP contribution in [0.4, 0.5) is 14.1 Å². The zero-order valence-electron chi connectivity index (χ0n) is 7.20. The minimum Gasteiger partial charge on any atom is -0.748 e. The van der Waals surface area contributed by atoms with Gasteiger partial charge in [-0.3, -0.25) is 14.1 Å². The van der Waals surface area contributed by atoms with E-state index in [1.165, 1.54) is 0 Å². The first-order valence-corrected chi connectivity index (χ1v) is 5.45. The van der Waals surface area contributed by atoms with Gasteiger partial charge in [0, 0.05) is 12.5 Å². The van der Waals surface area contributed by atoms with E-state index in [1.807, 2.05) is 0 Å². The molecule has 14 heavy (non-hydrogen) atoms. The Balaban J connectivity index is -0.0000000178. The minimum atomic E-state index is -3.92. The minimum absolute atomic E-state index is 0. The molecule has 0 aliphatic heterocycles. The average molecular weight is 290 g/mol. The third-order valence-corrected chi connectivity index (χ3v) is 0. The summed E-state index contributed by atoms with van der Waals surface area (Å²) in [6.07, 6.45) is 1.21. The summed E-state index contributed by atoms with van der Waals surface area (Å²) in [6, 6.07) is 0. The van der Waals surface area contributed by atoms with Gasteiger partial charge in [-0.15, -0.1) is 0 Å². The largest absolute Gasteiger partial charge is 2.00 e. The van der Waals surface area contributed by atoms with Gasteiger partial charge in [0.25, 0.3) is 0 Å². The van der Waals surface area contributed by atoms with Crippen LogP contribution in [0.3, 0.4) is 0 Å². The zero-order chi connectivity index (χ0) is 9.00. The SMILES string of the molecule is CS(=O)(=O)[O-].CS(=O)(=O)[O-].F.F.F.[Ca+2]. The van der Waals surface area contributed by atoms with Crippen molar-refractivity contribution in [3.05, 3.63) is 0 Å². The van der Waals surface area contributed by atoms with E-state index in [-0.39, 0.29) is 51.9 Å². The van der Waals surface area contributed by atoms with Gasteiger partial charge >= 0.3 is 37.7 Å². The summed E-state index contributed by atoms with van der Waals surface area (Å²) in [4.78, 5) is 0. The Kier molecular flexibility index (Phi) is 36.0. The number of hydrogen-bond acceptors (Lipinski definition) is 6. The van der Waals surface area contributed by atoms with Crippen LogP contribution in [-0.2, 0) is 20.2 Å². The zero-order valence-corrected chi connectivity index (χ0v) is 11.0. The molecule has 0 heterocycles. The first kappa shape index (κ1) is 36.4. The maximum Gasteiger partial charge on any atom is 2.00 e. The van der Waals surface area contributed by atoms with Crippen molar-refractivity contribution >= 4 is 58.0 Å². The molecule has 0 aliphatic carbocycles. The summed E-state index contributed by atoms with van der Waals surface area (Å²) < 4.78 is 54.5. The van der Waals surface area contributed by atoms with Gasteiger partial charge in [0.05, 0.1) is 20.2 Å². The Bertz CT molecular complexity index is 225. The van der Waals surface area contributed by atoms with Crippen LogP contribution < -0.4 is 0 Å². The van der Waals surface area contributed by atoms with Crippen LogP contribution in [0.1, 0.15) is 0 Å². The van der Waals surface area contributed by atoms with Gasteiger partial charge in [-0.1, -0.05) is 0 Å². The summed E-state index contributed by atoms with van der Waals surface area (Å²) in [5.41, 5.74) is 0. The number of hydrogen-bond donors (Lipinski definition) is 0. The molecule has 0 rings (SSSR count). The summed E-state index contributed by atoms with van der Waals surface area (Å²) in [5.74, 6) is 0. The Morgan fingerprint density at radius 2 is 0.714 bits per heavy atom. The van der Waals surface area contributed by atoms with Crippen LogP contribution in [0.15, 0.2) is 0 Å². The van der Waals surface area contributed by atoms with E-state index >= 15 is 0 Å². The van der Waals surface area contributed by atoms with E-state index in [0.717, 1.165) is 0 Å². The predicted octanol–water partition coefficient (Wildman–Crippen LogP) is -1.60. The molecule has 88 valence electrons. The first-order valence-electron chi connectivity index (χ1n) is 1.82. The second-order valence-electron chi connectivity index (χ2n) is 1.41. The summed E-state index contributed by atoms with van der Waals surface area (Å²) in [5, 5.41) is 0. The van der Waals surface area contributed by atoms with Crippen LogP contribution in [-0.4, -0.2) is 76.2 Å². The van der Waals surface area contributed by atoms with E-state index in [9.17, 15) is 0 Å². The van der Waals surface area contributed by atoms with E-state index in [2.05, 4.69) is 0 Å². The second-order valence-corrected chi connectivity index (χ2v) is 4.22. The summed E-state index contributed by atoms with van der Waals surface area (Å²) >= 11 is 0. The number of halogens is 3. The van der Waals surface area contributed by atoms with Gasteiger partial charge in [-0.2, -0.15) is 0 Å². The van der Waals surface area contributed by atoms with Crippen LogP contribution in [0, 0.1) is 0 Å². The van der Waals surface area contributed by atoms with Crippen molar-refractivity contribution in [1.29, 1.82) is 0 Å². The van der Waals surface area contributed by atoms with Crippen LogP contribution in [0.2, 0.25) is 0 Å². The molecular weight excluding hydrogens is 281 g/mol. The molecule has 0 amide bonds. The van der Waals surface area contributed by atoms with Crippen molar-refractivity contribution in [2.24, 2.45) is 0 Å². The molecule has 0 fully saturated rings. The molecule has 0 bridgehead atoms. The fraction of sp³-hybridized carbons (Fsp3) is 1.00. The molecule has 0 spiro atoms. The smallest absolute Gasteiger partial charge is 0.748 e. The molecule has 0 N–H and O–H groups in total. The Morgan fingerprint density at radius 3 is 0.714 bits per heavy atom. The maximum atomic E-state index is 9.08. The number of rotatable bonds is 0. The Labute approximate surface area is 110 Å². The third-order valence-electron chi connectivity index (χ3n) is 0. The molecular formula is C2H9CaF3O6S2. The van der Waals surface area contributed by atoms with Gasteiger partial charge in [0.2, 0.25) is 0 Å². The maximum absolute atomic E-state index is 9.08. The molecule has 0 aromatic rings. The molecule has 0 radical (unpaired) electrons. The fourth-order valence-corrected chi connectivity index (χ4v) is 0. The third kappa shape index (κ3) is 2400. The van der Waals surface area contributed by atoms with Gasteiger partial charge in [-0.05, 0) is 0 Å². The van der Waals surface area contributed by atoms with Crippen LogP contribution in [0.25, 0.3) is 0 Å². The molecule has 12 heteroatoms. The Hall–Kier alpha value is 0.870. The van der Waals surface area contributed by atoms with Crippen molar-refractivity contribution in [3.8, 4) is 0 Å². The first-order chi connectivity index (χ1) is 4.00. The molecule has 0 aliphatic rings. The monoisotopic (exact) mass is 290 g/mol. The topological polar surface area (TPSA) is 114 Å². The molecule has 0 saturated heterocycles. The fourth-order valence-electron chi connectivity index (χ4n) is 0. The predicted molar refractivity (Wildman–Crippen MR) is 44.5 cm³/mol. The van der Waals surface area contributed by atoms with Crippen molar-refractivity contribution in [2.75, 3.05) is 12.5 Å². The average Bonchev–Trinajstić information content (AvgIpc) is 1.12. The molecule has 0 unspecified atom stereocenters. The normalized spacial score (nSPS) is 8.29. The molecule has 0 atom stereocenters. The summed E-state index contributed by atoms with van der Waals surface area (Å²) in [6.45, 7) is 0. The van der Waals surface area contributed by atoms with Gasteiger partial charge < -0.3 is 9.11 Å². The van der Waals surface area contributed by atoms with E-state index in [1.54, 1.807) is 0 Å². The quantitative estimate of drug-likeness (QED) is 0.392. The van der Waals surface area contributed by atoms with Crippen molar-refractivity contribution in [3.63, 3.8) is 0 Å². The van der Waals surface area contributed by atoms with Crippen LogP contribution >= 0.6 is 0 Å². The van der Waals surface area contributed by atoms with E-state index in [0.29, 0.717) is 12.5 Å². The standard InChI is InChI=1S/2CH4O3S.Ca.3FH/c2*1-5(2,3)4;;;;/h2*1H3,(H,2,3,4);;3*1H/q;;+2;;;/p-2. The van der Waals surface area contributed by atoms with E-state index < -0.39 is 20.2 Å². The molecule has 0 aromatic heterocycles. The molecule has 0 aromatic carbocycles. The van der Waals surface area contributed by atoms with Crippen molar-refractivity contribution in [2.45, 2.75) is 0 Å². The molecule has 6 nitrogen and oxygen atoms in total. The van der Waals surface area contributed by atoms with Crippen LogP contribution in [0.5, 0.6) is 0 Å². The van der Waals surface area contributed by atoms with Gasteiger partial charge in [0.15, 0.2) is 0 Å². The molecule has 0 saturated carbocycles. The summed E-state index contributed by atoms with van der Waals surface area (Å²) in [7, 11) is -7.83.